The molecule has 0 saturated heterocycles. The van der Waals surface area contributed by atoms with Gasteiger partial charge in [0.1, 0.15) is 0 Å². The molecule has 82 valence electrons. The fourth-order valence-electron chi connectivity index (χ4n) is 1.18. The quantitative estimate of drug-likeness (QED) is 0.771. The molecule has 0 atom stereocenters. The molecule has 0 aliphatic rings. The van der Waals surface area contributed by atoms with Crippen LogP contribution in [0.15, 0.2) is 41.8 Å². The lowest BCUT2D eigenvalue weighted by atomic mass is 10.2. The van der Waals surface area contributed by atoms with E-state index in [0.717, 1.165) is 11.8 Å². The molecular weight excluding hydrogens is 244 g/mol. The lowest BCUT2D eigenvalue weighted by Gasteiger charge is -2.00. The summed E-state index contributed by atoms with van der Waals surface area (Å²) in [5, 5.41) is 1.27. The summed E-state index contributed by atoms with van der Waals surface area (Å²) in [5.41, 5.74) is 0.623. The summed E-state index contributed by atoms with van der Waals surface area (Å²) in [5.74, 6) is 0. The number of rotatable bonds is 2. The van der Waals surface area contributed by atoms with Crippen molar-refractivity contribution in [2.24, 2.45) is 7.05 Å². The summed E-state index contributed by atoms with van der Waals surface area (Å²) in [6, 6.07) is 6.82. The maximum Gasteiger partial charge on any atom is 0.227 e. The summed E-state index contributed by atoms with van der Waals surface area (Å²) < 4.78 is 1.80. The van der Waals surface area contributed by atoms with Gasteiger partial charge in [-0.05, 0) is 36.0 Å². The topological polar surface area (TPSA) is 34.9 Å². The highest BCUT2D eigenvalue weighted by molar-refractivity contribution is 8.14. The Labute approximate surface area is 102 Å². The molecule has 1 aromatic carbocycles. The highest BCUT2D eigenvalue weighted by Gasteiger charge is 2.10. The fraction of sp³-hybridized carbons (Fsp3) is 0.0909. The van der Waals surface area contributed by atoms with Crippen molar-refractivity contribution in [3.05, 3.63) is 47.2 Å². The van der Waals surface area contributed by atoms with Crippen molar-refractivity contribution in [1.82, 2.24) is 9.55 Å². The van der Waals surface area contributed by atoms with Crippen molar-refractivity contribution in [2.45, 2.75) is 5.16 Å². The molecule has 2 rings (SSSR count). The molecule has 0 radical (unpaired) electrons. The molecule has 3 nitrogen and oxygen atoms in total. The molecule has 0 fully saturated rings. The first-order valence-corrected chi connectivity index (χ1v) is 5.81. The van der Waals surface area contributed by atoms with Crippen LogP contribution in [0.25, 0.3) is 0 Å². The van der Waals surface area contributed by atoms with Gasteiger partial charge in [-0.3, -0.25) is 4.79 Å². The first-order valence-electron chi connectivity index (χ1n) is 4.62. The van der Waals surface area contributed by atoms with Crippen molar-refractivity contribution in [3.63, 3.8) is 0 Å². The van der Waals surface area contributed by atoms with Crippen LogP contribution in [0.3, 0.4) is 0 Å². The number of aryl methyl sites for hydroxylation is 1. The number of carbonyl (C=O) groups excluding carboxylic acids is 1. The number of halogens is 1. The van der Waals surface area contributed by atoms with E-state index in [4.69, 9.17) is 11.6 Å². The molecule has 16 heavy (non-hydrogen) atoms. The van der Waals surface area contributed by atoms with Crippen LogP contribution in [0.1, 0.15) is 10.4 Å². The molecule has 0 spiro atoms. The number of aromatic nitrogens is 2. The van der Waals surface area contributed by atoms with E-state index in [0.29, 0.717) is 15.7 Å². The van der Waals surface area contributed by atoms with Crippen LogP contribution < -0.4 is 0 Å². The van der Waals surface area contributed by atoms with Crippen LogP contribution in [0, 0.1) is 0 Å². The Hall–Kier alpha value is -1.26. The van der Waals surface area contributed by atoms with Gasteiger partial charge < -0.3 is 4.57 Å². The predicted octanol–water partition coefficient (Wildman–Crippen LogP) is 3.01. The summed E-state index contributed by atoms with van der Waals surface area (Å²) in [4.78, 5) is 15.9. The van der Waals surface area contributed by atoms with E-state index < -0.39 is 0 Å². The highest BCUT2D eigenvalue weighted by Crippen LogP contribution is 2.21. The highest BCUT2D eigenvalue weighted by atomic mass is 35.5. The number of imidazole rings is 1. The lowest BCUT2D eigenvalue weighted by Crippen LogP contribution is -1.96. The minimum atomic E-state index is -0.0361. The van der Waals surface area contributed by atoms with Gasteiger partial charge in [0.2, 0.25) is 5.12 Å². The van der Waals surface area contributed by atoms with Crippen LogP contribution in [-0.4, -0.2) is 14.7 Å². The van der Waals surface area contributed by atoms with Gasteiger partial charge in [-0.15, -0.1) is 0 Å². The molecule has 5 heteroatoms. The number of benzene rings is 1. The van der Waals surface area contributed by atoms with Crippen LogP contribution in [0.4, 0.5) is 0 Å². The lowest BCUT2D eigenvalue weighted by molar-refractivity contribution is 0.108. The third-order valence-corrected chi connectivity index (χ3v) is 3.29. The van der Waals surface area contributed by atoms with E-state index in [1.807, 2.05) is 7.05 Å². The second-order valence-corrected chi connectivity index (χ2v) is 4.59. The molecule has 0 bridgehead atoms. The third-order valence-electron chi connectivity index (χ3n) is 2.04. The van der Waals surface area contributed by atoms with Gasteiger partial charge in [-0.1, -0.05) is 11.6 Å². The molecule has 0 aliphatic carbocycles. The van der Waals surface area contributed by atoms with E-state index in [2.05, 4.69) is 4.98 Å². The van der Waals surface area contributed by atoms with Gasteiger partial charge in [0.25, 0.3) is 0 Å². The average Bonchev–Trinajstić information content (AvgIpc) is 2.65. The number of nitrogens with zero attached hydrogens (tertiary/aromatic N) is 2. The van der Waals surface area contributed by atoms with Gasteiger partial charge >= 0.3 is 0 Å². The monoisotopic (exact) mass is 252 g/mol. The fourth-order valence-corrected chi connectivity index (χ4v) is 2.04. The van der Waals surface area contributed by atoms with Gasteiger partial charge in [-0.2, -0.15) is 0 Å². The van der Waals surface area contributed by atoms with E-state index in [1.165, 1.54) is 0 Å². The van der Waals surface area contributed by atoms with Crippen LogP contribution in [0.5, 0.6) is 0 Å². The van der Waals surface area contributed by atoms with Crippen molar-refractivity contribution < 1.29 is 4.79 Å². The first-order chi connectivity index (χ1) is 7.66. The smallest absolute Gasteiger partial charge is 0.227 e. The van der Waals surface area contributed by atoms with E-state index in [9.17, 15) is 4.79 Å². The van der Waals surface area contributed by atoms with Crippen LogP contribution in [-0.2, 0) is 7.05 Å². The molecular formula is C11H9ClN2OS. The van der Waals surface area contributed by atoms with Crippen molar-refractivity contribution >= 4 is 28.5 Å². The number of hydrogen-bond donors (Lipinski definition) is 0. The number of thioether (sulfide) groups is 1. The zero-order chi connectivity index (χ0) is 11.5. The number of hydrogen-bond acceptors (Lipinski definition) is 3. The Balaban J connectivity index is 2.15. The summed E-state index contributed by atoms with van der Waals surface area (Å²) in [7, 11) is 1.85. The largest absolute Gasteiger partial charge is 0.329 e. The Morgan fingerprint density at radius 1 is 1.38 bits per heavy atom. The molecule has 2 aromatic rings. The molecule has 1 heterocycles. The van der Waals surface area contributed by atoms with Crippen molar-refractivity contribution in [2.75, 3.05) is 0 Å². The van der Waals surface area contributed by atoms with Gasteiger partial charge in [0.05, 0.1) is 0 Å². The Morgan fingerprint density at radius 2 is 2.06 bits per heavy atom. The predicted molar refractivity (Wildman–Crippen MR) is 64.8 cm³/mol. The second-order valence-electron chi connectivity index (χ2n) is 3.22. The van der Waals surface area contributed by atoms with Gasteiger partial charge in [0.15, 0.2) is 5.16 Å². The molecule has 0 saturated carbocycles. The van der Waals surface area contributed by atoms with E-state index in [-0.39, 0.29) is 5.12 Å². The van der Waals surface area contributed by atoms with Crippen LogP contribution in [0.2, 0.25) is 5.02 Å². The van der Waals surface area contributed by atoms with E-state index in [1.54, 1.807) is 41.2 Å². The molecule has 0 amide bonds. The maximum absolute atomic E-state index is 11.8. The Bertz CT molecular complexity index is 507. The summed E-state index contributed by atoms with van der Waals surface area (Å²) in [6.45, 7) is 0. The second kappa shape index (κ2) is 4.72. The third kappa shape index (κ3) is 2.46. The molecule has 0 unspecified atom stereocenters. The molecule has 0 N–H and O–H groups in total. The zero-order valence-electron chi connectivity index (χ0n) is 8.55. The van der Waals surface area contributed by atoms with Gasteiger partial charge in [0, 0.05) is 30.0 Å². The Kier molecular flexibility index (Phi) is 3.31. The van der Waals surface area contributed by atoms with Crippen molar-refractivity contribution in [3.8, 4) is 0 Å². The minimum Gasteiger partial charge on any atom is -0.329 e. The normalized spacial score (nSPS) is 10.4. The van der Waals surface area contributed by atoms with Gasteiger partial charge in [-0.25, -0.2) is 4.98 Å². The molecule has 1 aromatic heterocycles. The van der Waals surface area contributed by atoms with E-state index >= 15 is 0 Å². The Morgan fingerprint density at radius 3 is 2.62 bits per heavy atom. The summed E-state index contributed by atoms with van der Waals surface area (Å²) >= 11 is 6.86. The standard InChI is InChI=1S/C11H9ClN2OS/c1-14-7-6-13-11(14)16-10(15)8-2-4-9(12)5-3-8/h2-7H,1H3. The summed E-state index contributed by atoms with van der Waals surface area (Å²) in [6.07, 6.45) is 3.47. The van der Waals surface area contributed by atoms with Crippen LogP contribution >= 0.6 is 23.4 Å². The van der Waals surface area contributed by atoms with Crippen molar-refractivity contribution in [1.29, 1.82) is 0 Å². The molecule has 0 aliphatic heterocycles. The zero-order valence-corrected chi connectivity index (χ0v) is 10.1. The minimum absolute atomic E-state index is 0.0361. The SMILES string of the molecule is Cn1ccnc1SC(=O)c1ccc(Cl)cc1. The number of carbonyl (C=O) groups is 1. The maximum atomic E-state index is 11.8. The average molecular weight is 253 g/mol. The first kappa shape index (κ1) is 11.2.